The quantitative estimate of drug-likeness (QED) is 0.439. The molecule has 0 aromatic heterocycles. The zero-order chi connectivity index (χ0) is 22.5. The number of aliphatic imine (C=N–C) groups is 1. The number of fused-ring (bicyclic) bond motifs is 1. The molecule has 1 aromatic carbocycles. The molecule has 0 saturated carbocycles. The summed E-state index contributed by atoms with van der Waals surface area (Å²) >= 11 is 6.10. The van der Waals surface area contributed by atoms with Crippen molar-refractivity contribution in [2.24, 2.45) is 4.99 Å². The summed E-state index contributed by atoms with van der Waals surface area (Å²) in [5.74, 6) is 0.912. The molecule has 3 rings (SSSR count). The fraction of sp³-hybridized carbons (Fsp3) is 0.524. The minimum Gasteiger partial charge on any atom is -0.489 e. The molecule has 10 heteroatoms. The third-order valence-electron chi connectivity index (χ3n) is 5.27. The summed E-state index contributed by atoms with van der Waals surface area (Å²) in [6.45, 7) is 2.88. The van der Waals surface area contributed by atoms with Gasteiger partial charge in [-0.1, -0.05) is 48.5 Å². The second-order valence-corrected chi connectivity index (χ2v) is 8.02. The Balaban J connectivity index is 1.76. The van der Waals surface area contributed by atoms with Gasteiger partial charge in [-0.3, -0.25) is 19.9 Å². The van der Waals surface area contributed by atoms with E-state index in [1.165, 1.54) is 11.9 Å². The zero-order valence-electron chi connectivity index (χ0n) is 18.0. The topological polar surface area (TPSA) is 97.5 Å². The molecule has 0 aliphatic carbocycles. The number of β-amino-alcohol motifs (C(OH)–C–C–N with tert-alkyl or cyclic N) is 1. The molecule has 2 aliphatic heterocycles. The molecule has 0 radical (unpaired) electrons. The van der Waals surface area contributed by atoms with Crippen molar-refractivity contribution in [2.75, 3.05) is 33.8 Å². The first-order chi connectivity index (χ1) is 14.8. The standard InChI is InChI=1S/C21H28ClN5O4/c1-4-5-8-11-23-20-24-18-17(19(29)26(3)21(30)25(18)2)27(20)12-14(28)13-31-16-10-7-6-9-15(16)22/h6-7,9-10,14,17,28H,4-5,8,11-13H2,1-3H3/p+1. The predicted octanol–water partition coefficient (Wildman–Crippen LogP) is 1.53. The molecule has 2 unspecified atom stereocenters. The SMILES string of the molecule is CCCCCNC1=[N+](CC(O)COc2ccccc2Cl)C2C(=O)N(C)C(=O)N(C)C2=N1. The van der Waals surface area contributed by atoms with E-state index in [1.54, 1.807) is 35.9 Å². The highest BCUT2D eigenvalue weighted by Crippen LogP contribution is 2.23. The van der Waals surface area contributed by atoms with Crippen LogP contribution < -0.4 is 10.1 Å². The van der Waals surface area contributed by atoms with Gasteiger partial charge < -0.3 is 9.84 Å². The Morgan fingerprint density at radius 2 is 2.00 bits per heavy atom. The van der Waals surface area contributed by atoms with E-state index in [0.29, 0.717) is 29.1 Å². The lowest BCUT2D eigenvalue weighted by Gasteiger charge is -2.32. The molecule has 2 atom stereocenters. The number of urea groups is 1. The molecule has 168 valence electrons. The zero-order valence-corrected chi connectivity index (χ0v) is 18.8. The van der Waals surface area contributed by atoms with E-state index in [4.69, 9.17) is 16.3 Å². The molecule has 1 fully saturated rings. The summed E-state index contributed by atoms with van der Waals surface area (Å²) in [6.07, 6.45) is 2.18. The Hall–Kier alpha value is -2.65. The Kier molecular flexibility index (Phi) is 7.50. The molecular formula is C21H29ClN5O4+. The van der Waals surface area contributed by atoms with Crippen molar-refractivity contribution >= 4 is 35.3 Å². The van der Waals surface area contributed by atoms with E-state index in [-0.39, 0.29) is 19.1 Å². The monoisotopic (exact) mass is 450 g/mol. The van der Waals surface area contributed by atoms with Crippen molar-refractivity contribution in [3.8, 4) is 5.75 Å². The van der Waals surface area contributed by atoms with Crippen molar-refractivity contribution < 1.29 is 24.0 Å². The molecule has 0 spiro atoms. The number of ether oxygens (including phenoxy) is 1. The van der Waals surface area contributed by atoms with Gasteiger partial charge in [-0.2, -0.15) is 0 Å². The Bertz CT molecular complexity index is 904. The smallest absolute Gasteiger partial charge is 0.390 e. The first-order valence-electron chi connectivity index (χ1n) is 10.4. The normalized spacial score (nSPS) is 19.5. The molecule has 2 heterocycles. The third-order valence-corrected chi connectivity index (χ3v) is 5.58. The van der Waals surface area contributed by atoms with Gasteiger partial charge in [0, 0.05) is 14.1 Å². The number of para-hydroxylation sites is 1. The number of nitrogens with one attached hydrogen (secondary N) is 1. The van der Waals surface area contributed by atoms with Crippen molar-refractivity contribution in [3.63, 3.8) is 0 Å². The number of likely N-dealkylation sites (N-methyl/N-ethyl adjacent to an activating group) is 2. The average molecular weight is 451 g/mol. The Labute approximate surface area is 186 Å². The molecule has 31 heavy (non-hydrogen) atoms. The van der Waals surface area contributed by atoms with Gasteiger partial charge in [0.15, 0.2) is 0 Å². The van der Waals surface area contributed by atoms with Crippen LogP contribution in [-0.2, 0) is 4.79 Å². The van der Waals surface area contributed by atoms with E-state index in [0.717, 1.165) is 24.2 Å². The summed E-state index contributed by atoms with van der Waals surface area (Å²) in [6, 6.07) is 5.80. The maximum Gasteiger partial charge on any atom is 0.390 e. The summed E-state index contributed by atoms with van der Waals surface area (Å²) in [4.78, 5) is 32.2. The first-order valence-corrected chi connectivity index (χ1v) is 10.8. The van der Waals surface area contributed by atoms with E-state index < -0.39 is 18.2 Å². The maximum absolute atomic E-state index is 12.9. The summed E-state index contributed by atoms with van der Waals surface area (Å²) in [5.41, 5.74) is 0. The van der Waals surface area contributed by atoms with Gasteiger partial charge >= 0.3 is 12.0 Å². The molecule has 2 N–H and O–H groups in total. The number of amidine groups is 1. The predicted molar refractivity (Wildman–Crippen MR) is 118 cm³/mol. The highest BCUT2D eigenvalue weighted by molar-refractivity contribution is 6.32. The van der Waals surface area contributed by atoms with Gasteiger partial charge in [-0.25, -0.2) is 9.37 Å². The van der Waals surface area contributed by atoms with Gasteiger partial charge in [0.05, 0.1) is 18.1 Å². The van der Waals surface area contributed by atoms with Crippen LogP contribution in [0.3, 0.4) is 0 Å². The maximum atomic E-state index is 12.9. The van der Waals surface area contributed by atoms with Crippen LogP contribution in [0, 0.1) is 0 Å². The molecule has 9 nitrogen and oxygen atoms in total. The molecule has 1 saturated heterocycles. The lowest BCUT2D eigenvalue weighted by Crippen LogP contribution is -2.62. The molecule has 2 aliphatic rings. The number of hydrogen-bond donors (Lipinski definition) is 2. The number of hydrogen-bond acceptors (Lipinski definition) is 6. The second-order valence-electron chi connectivity index (χ2n) is 7.62. The number of halogens is 1. The lowest BCUT2D eigenvalue weighted by molar-refractivity contribution is -0.545. The van der Waals surface area contributed by atoms with Gasteiger partial charge in [-0.15, -0.1) is 0 Å². The summed E-state index contributed by atoms with van der Waals surface area (Å²) in [7, 11) is 3.03. The molecular weight excluding hydrogens is 422 g/mol. The number of unbranched alkanes of at least 4 members (excludes halogenated alkanes) is 2. The fourth-order valence-corrected chi connectivity index (χ4v) is 3.72. The van der Waals surface area contributed by atoms with Gasteiger partial charge in [-0.05, 0) is 18.6 Å². The number of nitrogens with zero attached hydrogens (tertiary/aromatic N) is 4. The van der Waals surface area contributed by atoms with E-state index in [1.807, 2.05) is 0 Å². The third kappa shape index (κ3) is 4.99. The van der Waals surface area contributed by atoms with Gasteiger partial charge in [0.25, 0.3) is 5.91 Å². The largest absolute Gasteiger partial charge is 0.489 e. The number of benzene rings is 1. The fourth-order valence-electron chi connectivity index (χ4n) is 3.53. The van der Waals surface area contributed by atoms with Gasteiger partial charge in [0.1, 0.15) is 18.5 Å². The number of aliphatic hydroxyl groups excluding tert-OH is 1. The lowest BCUT2D eigenvalue weighted by atomic mass is 10.1. The summed E-state index contributed by atoms with van der Waals surface area (Å²) in [5, 5.41) is 14.4. The van der Waals surface area contributed by atoms with Gasteiger partial charge in [0.2, 0.25) is 11.9 Å². The van der Waals surface area contributed by atoms with Crippen LogP contribution in [0.2, 0.25) is 5.02 Å². The van der Waals surface area contributed by atoms with Crippen LogP contribution in [0.25, 0.3) is 0 Å². The first kappa shape index (κ1) is 23.0. The molecule has 3 amide bonds. The van der Waals surface area contributed by atoms with Crippen molar-refractivity contribution in [1.82, 2.24) is 15.1 Å². The van der Waals surface area contributed by atoms with Crippen LogP contribution in [-0.4, -0.2) is 89.2 Å². The van der Waals surface area contributed by atoms with E-state index in [9.17, 15) is 14.7 Å². The van der Waals surface area contributed by atoms with Crippen LogP contribution in [0.1, 0.15) is 26.2 Å². The second kappa shape index (κ2) is 10.1. The van der Waals surface area contributed by atoms with Crippen LogP contribution in [0.15, 0.2) is 29.3 Å². The van der Waals surface area contributed by atoms with E-state index in [2.05, 4.69) is 17.2 Å². The number of carbonyl (C=O) groups is 2. The van der Waals surface area contributed by atoms with Crippen molar-refractivity contribution in [2.45, 2.75) is 38.3 Å². The minimum absolute atomic E-state index is 0.00972. The van der Waals surface area contributed by atoms with Crippen molar-refractivity contribution in [3.05, 3.63) is 29.3 Å². The Morgan fingerprint density at radius 1 is 1.26 bits per heavy atom. The summed E-state index contributed by atoms with van der Waals surface area (Å²) < 4.78 is 7.34. The van der Waals surface area contributed by atoms with E-state index >= 15 is 0 Å². The molecule has 1 aromatic rings. The number of carbonyl (C=O) groups excluding carboxylic acids is 2. The highest BCUT2D eigenvalue weighted by Gasteiger charge is 2.51. The number of guanidine groups is 1. The average Bonchev–Trinajstić information content (AvgIpc) is 3.11. The minimum atomic E-state index is -0.917. The number of aliphatic hydroxyl groups is 1. The highest BCUT2D eigenvalue weighted by atomic mass is 35.5. The number of amides is 3. The number of imide groups is 1. The molecule has 0 bridgehead atoms. The van der Waals surface area contributed by atoms with Crippen LogP contribution in [0.4, 0.5) is 4.79 Å². The Morgan fingerprint density at radius 3 is 2.71 bits per heavy atom. The van der Waals surface area contributed by atoms with Crippen LogP contribution in [0.5, 0.6) is 5.75 Å². The van der Waals surface area contributed by atoms with Crippen LogP contribution >= 0.6 is 11.6 Å². The van der Waals surface area contributed by atoms with Crippen molar-refractivity contribution in [1.29, 1.82) is 0 Å². The number of rotatable bonds is 9.